The summed E-state index contributed by atoms with van der Waals surface area (Å²) in [5.74, 6) is 1.03. The van der Waals surface area contributed by atoms with Gasteiger partial charge in [0.2, 0.25) is 5.91 Å². The smallest absolute Gasteiger partial charge is 0.226 e. The molecule has 0 aliphatic carbocycles. The number of hydrogen-bond donors (Lipinski definition) is 2. The number of amides is 1. The lowest BCUT2D eigenvalue weighted by molar-refractivity contribution is -0.127. The maximum Gasteiger partial charge on any atom is 0.226 e. The van der Waals surface area contributed by atoms with Crippen LogP contribution in [0.3, 0.4) is 0 Å². The molecule has 1 aliphatic rings. The molecule has 0 spiro atoms. The van der Waals surface area contributed by atoms with Gasteiger partial charge in [-0.05, 0) is 19.1 Å². The molecule has 0 bridgehead atoms. The fourth-order valence-corrected chi connectivity index (χ4v) is 1.41. The van der Waals surface area contributed by atoms with Crippen LogP contribution in [-0.2, 0) is 4.79 Å². The summed E-state index contributed by atoms with van der Waals surface area (Å²) in [5, 5.41) is 5.98. The Balaban J connectivity index is 1.87. The van der Waals surface area contributed by atoms with Crippen molar-refractivity contribution >= 4 is 5.91 Å². The molecule has 4 heteroatoms. The van der Waals surface area contributed by atoms with Crippen molar-refractivity contribution < 1.29 is 9.21 Å². The molecule has 1 fully saturated rings. The molecular weight excluding hydrogens is 180 g/mol. The van der Waals surface area contributed by atoms with Crippen LogP contribution in [0.1, 0.15) is 18.7 Å². The second-order valence-electron chi connectivity index (χ2n) is 3.60. The zero-order valence-corrected chi connectivity index (χ0v) is 8.12. The molecule has 0 aromatic carbocycles. The number of carbonyl (C=O) groups is 1. The summed E-state index contributed by atoms with van der Waals surface area (Å²) in [6.45, 7) is 3.50. The van der Waals surface area contributed by atoms with Gasteiger partial charge < -0.3 is 15.1 Å². The Morgan fingerprint density at radius 1 is 1.71 bits per heavy atom. The van der Waals surface area contributed by atoms with Crippen LogP contribution in [0, 0.1) is 5.92 Å². The normalized spacial score (nSPS) is 18.6. The molecule has 76 valence electrons. The molecule has 2 heterocycles. The Hall–Kier alpha value is -1.29. The molecule has 1 aliphatic heterocycles. The van der Waals surface area contributed by atoms with Gasteiger partial charge in [-0.1, -0.05) is 0 Å². The van der Waals surface area contributed by atoms with Gasteiger partial charge in [0, 0.05) is 13.1 Å². The van der Waals surface area contributed by atoms with E-state index < -0.39 is 0 Å². The summed E-state index contributed by atoms with van der Waals surface area (Å²) >= 11 is 0. The van der Waals surface area contributed by atoms with Crippen molar-refractivity contribution in [1.29, 1.82) is 0 Å². The lowest BCUT2D eigenvalue weighted by Gasteiger charge is -2.27. The summed E-state index contributed by atoms with van der Waals surface area (Å²) < 4.78 is 5.20. The first-order valence-corrected chi connectivity index (χ1v) is 4.82. The minimum atomic E-state index is -0.0434. The van der Waals surface area contributed by atoms with Gasteiger partial charge in [0.25, 0.3) is 0 Å². The number of rotatable bonds is 3. The molecule has 2 N–H and O–H groups in total. The van der Waals surface area contributed by atoms with Crippen LogP contribution in [0.4, 0.5) is 0 Å². The molecule has 1 amide bonds. The summed E-state index contributed by atoms with van der Waals surface area (Å²) in [4.78, 5) is 11.5. The van der Waals surface area contributed by atoms with Crippen molar-refractivity contribution in [1.82, 2.24) is 10.6 Å². The molecule has 2 rings (SSSR count). The fraction of sp³-hybridized carbons (Fsp3) is 0.500. The van der Waals surface area contributed by atoms with Crippen LogP contribution >= 0.6 is 0 Å². The Morgan fingerprint density at radius 2 is 2.50 bits per heavy atom. The molecule has 1 atom stereocenters. The van der Waals surface area contributed by atoms with Gasteiger partial charge in [-0.3, -0.25) is 4.79 Å². The molecule has 1 aromatic heterocycles. The Morgan fingerprint density at radius 3 is 3.00 bits per heavy atom. The van der Waals surface area contributed by atoms with Crippen molar-refractivity contribution in [3.63, 3.8) is 0 Å². The Bertz CT molecular complexity index is 304. The van der Waals surface area contributed by atoms with Gasteiger partial charge in [0.15, 0.2) is 0 Å². The van der Waals surface area contributed by atoms with Crippen molar-refractivity contribution in [3.05, 3.63) is 24.2 Å². The molecule has 0 unspecified atom stereocenters. The second kappa shape index (κ2) is 3.84. The summed E-state index contributed by atoms with van der Waals surface area (Å²) in [7, 11) is 0. The summed E-state index contributed by atoms with van der Waals surface area (Å²) in [6.07, 6.45) is 1.61. The first-order valence-electron chi connectivity index (χ1n) is 4.82. The zero-order valence-electron chi connectivity index (χ0n) is 8.12. The van der Waals surface area contributed by atoms with Crippen LogP contribution in [0.25, 0.3) is 0 Å². The fourth-order valence-electron chi connectivity index (χ4n) is 1.41. The number of furan rings is 1. The number of nitrogens with one attached hydrogen (secondary N) is 2. The maximum absolute atomic E-state index is 11.5. The highest BCUT2D eigenvalue weighted by atomic mass is 16.3. The molecule has 4 nitrogen and oxygen atoms in total. The van der Waals surface area contributed by atoms with Gasteiger partial charge in [0.05, 0.1) is 18.2 Å². The minimum absolute atomic E-state index is 0.0434. The lowest BCUT2D eigenvalue weighted by atomic mass is 10.0. The van der Waals surface area contributed by atoms with Crippen LogP contribution in [0.2, 0.25) is 0 Å². The average Bonchev–Trinajstić information content (AvgIpc) is 2.51. The number of hydrogen-bond acceptors (Lipinski definition) is 3. The molecule has 0 saturated carbocycles. The number of carbonyl (C=O) groups excluding carboxylic acids is 1. The molecule has 1 aromatic rings. The predicted octanol–water partition coefficient (Wildman–Crippen LogP) is 0.676. The topological polar surface area (TPSA) is 54.3 Å². The summed E-state index contributed by atoms with van der Waals surface area (Å²) in [5.41, 5.74) is 0. The van der Waals surface area contributed by atoms with Crippen LogP contribution in [-0.4, -0.2) is 19.0 Å². The third-order valence-corrected chi connectivity index (χ3v) is 2.48. The molecule has 14 heavy (non-hydrogen) atoms. The van der Waals surface area contributed by atoms with Gasteiger partial charge in [-0.2, -0.15) is 0 Å². The highest BCUT2D eigenvalue weighted by Crippen LogP contribution is 2.13. The highest BCUT2D eigenvalue weighted by Gasteiger charge is 2.26. The quantitative estimate of drug-likeness (QED) is 0.743. The maximum atomic E-state index is 11.5. The average molecular weight is 194 g/mol. The van der Waals surface area contributed by atoms with E-state index in [1.807, 2.05) is 19.1 Å². The largest absolute Gasteiger partial charge is 0.467 e. The van der Waals surface area contributed by atoms with Crippen LogP contribution in [0.15, 0.2) is 22.8 Å². The minimum Gasteiger partial charge on any atom is -0.467 e. The standard InChI is InChI=1S/C10H14N2O2/c1-7(9-3-2-4-14-9)12-10(13)8-5-11-6-8/h2-4,7-8,11H,5-6H2,1H3,(H,12,13)/t7-/m0/s1. The first kappa shape index (κ1) is 9.27. The van der Waals surface area contributed by atoms with E-state index in [0.29, 0.717) is 0 Å². The lowest BCUT2D eigenvalue weighted by Crippen LogP contribution is -2.51. The van der Waals surface area contributed by atoms with Crippen molar-refractivity contribution in [2.75, 3.05) is 13.1 Å². The van der Waals surface area contributed by atoms with Gasteiger partial charge in [0.1, 0.15) is 5.76 Å². The highest BCUT2D eigenvalue weighted by molar-refractivity contribution is 5.80. The third-order valence-electron chi connectivity index (χ3n) is 2.48. The monoisotopic (exact) mass is 194 g/mol. The Labute approximate surface area is 82.7 Å². The van der Waals surface area contributed by atoms with Crippen molar-refractivity contribution in [2.45, 2.75) is 13.0 Å². The van der Waals surface area contributed by atoms with E-state index in [0.717, 1.165) is 18.8 Å². The summed E-state index contributed by atoms with van der Waals surface area (Å²) in [6, 6.07) is 3.64. The van der Waals surface area contributed by atoms with Crippen molar-refractivity contribution in [2.24, 2.45) is 5.92 Å². The Kier molecular flexibility index (Phi) is 2.54. The third kappa shape index (κ3) is 1.80. The SMILES string of the molecule is C[C@H](NC(=O)C1CNC1)c1ccco1. The molecular formula is C10H14N2O2. The van der Waals surface area contributed by atoms with E-state index in [2.05, 4.69) is 10.6 Å². The van der Waals surface area contributed by atoms with Crippen molar-refractivity contribution in [3.8, 4) is 0 Å². The van der Waals surface area contributed by atoms with E-state index in [-0.39, 0.29) is 17.9 Å². The predicted molar refractivity (Wildman–Crippen MR) is 51.6 cm³/mol. The second-order valence-corrected chi connectivity index (χ2v) is 3.60. The first-order chi connectivity index (χ1) is 6.77. The van der Waals surface area contributed by atoms with Crippen LogP contribution in [0.5, 0.6) is 0 Å². The molecule has 1 saturated heterocycles. The van der Waals surface area contributed by atoms with Gasteiger partial charge in [-0.15, -0.1) is 0 Å². The zero-order chi connectivity index (χ0) is 9.97. The van der Waals surface area contributed by atoms with E-state index in [4.69, 9.17) is 4.42 Å². The van der Waals surface area contributed by atoms with E-state index >= 15 is 0 Å². The molecule has 0 radical (unpaired) electrons. The van der Waals surface area contributed by atoms with E-state index in [1.54, 1.807) is 6.26 Å². The van der Waals surface area contributed by atoms with Gasteiger partial charge >= 0.3 is 0 Å². The van der Waals surface area contributed by atoms with E-state index in [1.165, 1.54) is 0 Å². The van der Waals surface area contributed by atoms with E-state index in [9.17, 15) is 4.79 Å². The van der Waals surface area contributed by atoms with Crippen LogP contribution < -0.4 is 10.6 Å². The van der Waals surface area contributed by atoms with Gasteiger partial charge in [-0.25, -0.2) is 0 Å².